The molecular formula is C24H32ClIN2O3. The van der Waals surface area contributed by atoms with Gasteiger partial charge in [0.15, 0.2) is 18.1 Å². The third kappa shape index (κ3) is 8.50. The van der Waals surface area contributed by atoms with Crippen LogP contribution in [0.25, 0.3) is 0 Å². The zero-order chi connectivity index (χ0) is 21.2. The minimum absolute atomic E-state index is 0. The number of methoxy groups -OCH3 is 1. The van der Waals surface area contributed by atoms with E-state index in [1.54, 1.807) is 7.11 Å². The lowest BCUT2D eigenvalue weighted by atomic mass is 9.95. The molecule has 31 heavy (non-hydrogen) atoms. The molecule has 0 bridgehead atoms. The molecule has 170 valence electrons. The van der Waals surface area contributed by atoms with Crippen LogP contribution in [0.1, 0.15) is 43.2 Å². The van der Waals surface area contributed by atoms with Crippen LogP contribution in [0.2, 0.25) is 0 Å². The van der Waals surface area contributed by atoms with Crippen molar-refractivity contribution in [3.63, 3.8) is 0 Å². The molecule has 2 aromatic rings. The van der Waals surface area contributed by atoms with Crippen molar-refractivity contribution < 1.29 is 14.3 Å². The molecule has 2 N–H and O–H groups in total. The fraction of sp³-hybridized carbons (Fsp3) is 0.458. The summed E-state index contributed by atoms with van der Waals surface area (Å²) in [4.78, 5) is 12.2. The number of ether oxygens (including phenoxy) is 2. The molecule has 0 aliphatic heterocycles. The Morgan fingerprint density at radius 1 is 1.10 bits per heavy atom. The van der Waals surface area contributed by atoms with Crippen LogP contribution in [0.3, 0.4) is 0 Å². The molecule has 0 atom stereocenters. The highest BCUT2D eigenvalue weighted by molar-refractivity contribution is 14.1. The summed E-state index contributed by atoms with van der Waals surface area (Å²) in [5, 5.41) is 6.57. The summed E-state index contributed by atoms with van der Waals surface area (Å²) in [6.07, 6.45) is 7.31. The molecule has 0 heterocycles. The Bertz CT molecular complexity index is 814. The van der Waals surface area contributed by atoms with E-state index in [0.717, 1.165) is 16.5 Å². The van der Waals surface area contributed by atoms with E-state index in [9.17, 15) is 4.79 Å². The Morgan fingerprint density at radius 3 is 2.55 bits per heavy atom. The number of nitrogens with one attached hydrogen (secondary N) is 2. The van der Waals surface area contributed by atoms with Crippen LogP contribution in [0.4, 0.5) is 0 Å². The van der Waals surface area contributed by atoms with Crippen LogP contribution < -0.4 is 20.1 Å². The maximum Gasteiger partial charge on any atom is 0.257 e. The zero-order valence-electron chi connectivity index (χ0n) is 18.0. The quantitative estimate of drug-likeness (QED) is 0.408. The molecule has 0 unspecified atom stereocenters. The van der Waals surface area contributed by atoms with Gasteiger partial charge in [-0.2, -0.15) is 0 Å². The van der Waals surface area contributed by atoms with Gasteiger partial charge in [0.1, 0.15) is 0 Å². The summed E-state index contributed by atoms with van der Waals surface area (Å²) >= 11 is 2.25. The Balaban J connectivity index is 0.00000341. The van der Waals surface area contributed by atoms with Crippen molar-refractivity contribution in [2.45, 2.75) is 51.1 Å². The van der Waals surface area contributed by atoms with E-state index in [-0.39, 0.29) is 24.9 Å². The first-order valence-electron chi connectivity index (χ1n) is 10.7. The SMILES string of the molecule is COc1cc(CNC2CCCCC2)cc(I)c1OCC(=O)NCCc1ccccc1.Cl. The van der Waals surface area contributed by atoms with Gasteiger partial charge >= 0.3 is 0 Å². The Kier molecular flexibility index (Phi) is 11.5. The second-order valence-electron chi connectivity index (χ2n) is 7.70. The third-order valence-corrected chi connectivity index (χ3v) is 6.22. The predicted octanol–water partition coefficient (Wildman–Crippen LogP) is 4.88. The van der Waals surface area contributed by atoms with E-state index in [4.69, 9.17) is 9.47 Å². The highest BCUT2D eigenvalue weighted by atomic mass is 127. The predicted molar refractivity (Wildman–Crippen MR) is 135 cm³/mol. The monoisotopic (exact) mass is 558 g/mol. The van der Waals surface area contributed by atoms with Crippen LogP contribution in [0.15, 0.2) is 42.5 Å². The number of amides is 1. The highest BCUT2D eigenvalue weighted by Gasteiger charge is 2.16. The summed E-state index contributed by atoms with van der Waals surface area (Å²) < 4.78 is 12.3. The second-order valence-corrected chi connectivity index (χ2v) is 8.86. The molecule has 1 fully saturated rings. The lowest BCUT2D eigenvalue weighted by molar-refractivity contribution is -0.123. The van der Waals surface area contributed by atoms with Crippen LogP contribution in [0, 0.1) is 3.57 Å². The van der Waals surface area contributed by atoms with Crippen molar-refractivity contribution in [3.8, 4) is 11.5 Å². The smallest absolute Gasteiger partial charge is 0.257 e. The molecule has 1 amide bonds. The van der Waals surface area contributed by atoms with Crippen molar-refractivity contribution in [2.24, 2.45) is 0 Å². The van der Waals surface area contributed by atoms with E-state index in [1.165, 1.54) is 43.2 Å². The number of benzene rings is 2. The van der Waals surface area contributed by atoms with E-state index in [0.29, 0.717) is 24.1 Å². The van der Waals surface area contributed by atoms with Crippen LogP contribution in [-0.2, 0) is 17.8 Å². The standard InChI is InChI=1S/C24H31IN2O3.ClH/c1-29-22-15-19(16-27-20-10-6-3-7-11-20)14-21(25)24(22)30-17-23(28)26-13-12-18-8-4-2-5-9-18;/h2,4-5,8-9,14-15,20,27H,3,6-7,10-13,16-17H2,1H3,(H,26,28);1H. The average molecular weight is 559 g/mol. The normalized spacial score (nSPS) is 13.9. The van der Waals surface area contributed by atoms with E-state index >= 15 is 0 Å². The largest absolute Gasteiger partial charge is 0.493 e. The maximum atomic E-state index is 12.2. The molecule has 1 aliphatic rings. The van der Waals surface area contributed by atoms with E-state index < -0.39 is 0 Å². The molecule has 3 rings (SSSR count). The van der Waals surface area contributed by atoms with Gasteiger partial charge in [0.25, 0.3) is 5.91 Å². The fourth-order valence-electron chi connectivity index (χ4n) is 3.76. The van der Waals surface area contributed by atoms with Gasteiger partial charge in [-0.3, -0.25) is 4.79 Å². The van der Waals surface area contributed by atoms with Gasteiger partial charge in [-0.15, -0.1) is 12.4 Å². The summed E-state index contributed by atoms with van der Waals surface area (Å²) in [5.74, 6) is 1.16. The van der Waals surface area contributed by atoms with Gasteiger partial charge in [-0.1, -0.05) is 49.6 Å². The number of rotatable bonds is 10. The topological polar surface area (TPSA) is 59.6 Å². The number of halogens is 2. The average Bonchev–Trinajstić information content (AvgIpc) is 2.78. The first-order valence-corrected chi connectivity index (χ1v) is 11.8. The summed E-state index contributed by atoms with van der Waals surface area (Å²) in [7, 11) is 1.64. The molecular weight excluding hydrogens is 527 g/mol. The van der Waals surface area contributed by atoms with Gasteiger partial charge in [-0.25, -0.2) is 0 Å². The van der Waals surface area contributed by atoms with Gasteiger partial charge in [0.05, 0.1) is 10.7 Å². The Morgan fingerprint density at radius 2 is 1.84 bits per heavy atom. The van der Waals surface area contributed by atoms with Gasteiger partial charge in [-0.05, 0) is 65.1 Å². The van der Waals surface area contributed by atoms with Crippen molar-refractivity contribution in [1.82, 2.24) is 10.6 Å². The molecule has 1 aliphatic carbocycles. The van der Waals surface area contributed by atoms with Crippen molar-refractivity contribution in [3.05, 3.63) is 57.2 Å². The summed E-state index contributed by atoms with van der Waals surface area (Å²) in [5.41, 5.74) is 2.37. The van der Waals surface area contributed by atoms with Gasteiger partial charge < -0.3 is 20.1 Å². The molecule has 0 spiro atoms. The van der Waals surface area contributed by atoms with Gasteiger partial charge in [0.2, 0.25) is 0 Å². The minimum Gasteiger partial charge on any atom is -0.493 e. The molecule has 0 radical (unpaired) electrons. The number of hydrogen-bond donors (Lipinski definition) is 2. The number of hydrogen-bond acceptors (Lipinski definition) is 4. The van der Waals surface area contributed by atoms with Crippen molar-refractivity contribution >= 4 is 40.9 Å². The lowest BCUT2D eigenvalue weighted by Crippen LogP contribution is -2.31. The first-order chi connectivity index (χ1) is 14.7. The summed E-state index contributed by atoms with van der Waals surface area (Å²) in [6.45, 7) is 1.38. The Hall–Kier alpha value is -1.51. The van der Waals surface area contributed by atoms with Crippen molar-refractivity contribution in [1.29, 1.82) is 0 Å². The van der Waals surface area contributed by atoms with Crippen LogP contribution in [0.5, 0.6) is 11.5 Å². The van der Waals surface area contributed by atoms with E-state index in [2.05, 4.69) is 51.4 Å². The molecule has 0 saturated heterocycles. The molecule has 2 aromatic carbocycles. The zero-order valence-corrected chi connectivity index (χ0v) is 21.0. The lowest BCUT2D eigenvalue weighted by Gasteiger charge is -2.23. The van der Waals surface area contributed by atoms with E-state index in [1.807, 2.05) is 24.3 Å². The van der Waals surface area contributed by atoms with Crippen LogP contribution >= 0.6 is 35.0 Å². The number of carbonyl (C=O) groups excluding carboxylic acids is 1. The second kappa shape index (κ2) is 13.8. The third-order valence-electron chi connectivity index (χ3n) is 5.42. The highest BCUT2D eigenvalue weighted by Crippen LogP contribution is 2.34. The molecule has 5 nitrogen and oxygen atoms in total. The van der Waals surface area contributed by atoms with Crippen molar-refractivity contribution in [2.75, 3.05) is 20.3 Å². The number of carbonyl (C=O) groups is 1. The van der Waals surface area contributed by atoms with Crippen LogP contribution in [-0.4, -0.2) is 32.2 Å². The summed E-state index contributed by atoms with van der Waals surface area (Å²) in [6, 6.07) is 14.8. The molecule has 1 saturated carbocycles. The Labute approximate surface area is 205 Å². The fourth-order valence-corrected chi connectivity index (χ4v) is 4.59. The minimum atomic E-state index is -0.133. The molecule has 0 aromatic heterocycles. The maximum absolute atomic E-state index is 12.2. The van der Waals surface area contributed by atoms with Gasteiger partial charge in [0, 0.05) is 19.1 Å². The molecule has 7 heteroatoms. The first kappa shape index (κ1) is 25.7.